The van der Waals surface area contributed by atoms with Gasteiger partial charge in [-0.25, -0.2) is 0 Å². The number of carbonyl (C=O) groups is 4. The molecular formula is C26H36O5S. The van der Waals surface area contributed by atoms with Crippen molar-refractivity contribution in [2.75, 3.05) is 0 Å². The predicted molar refractivity (Wildman–Crippen MR) is 124 cm³/mol. The van der Waals surface area contributed by atoms with Gasteiger partial charge in [-0.15, -0.1) is 0 Å². The fraction of sp³-hybridized carbons (Fsp3) is 0.769. The highest BCUT2D eigenvalue weighted by Gasteiger charge is 2.60. The van der Waals surface area contributed by atoms with E-state index in [4.69, 9.17) is 4.74 Å². The zero-order valence-electron chi connectivity index (χ0n) is 19.8. The Labute approximate surface area is 195 Å². The molecule has 0 aromatic heterocycles. The van der Waals surface area contributed by atoms with Crippen LogP contribution in [-0.2, 0) is 23.9 Å². The maximum absolute atomic E-state index is 13.6. The molecule has 176 valence electrons. The topological polar surface area (TPSA) is 77.5 Å². The molecule has 0 radical (unpaired) electrons. The Morgan fingerprint density at radius 2 is 1.84 bits per heavy atom. The Morgan fingerprint density at radius 3 is 2.53 bits per heavy atom. The van der Waals surface area contributed by atoms with E-state index < -0.39 is 11.4 Å². The molecule has 0 aromatic rings. The van der Waals surface area contributed by atoms with Crippen LogP contribution in [0.25, 0.3) is 0 Å². The van der Waals surface area contributed by atoms with Gasteiger partial charge in [0.1, 0.15) is 0 Å². The van der Waals surface area contributed by atoms with Crippen LogP contribution in [0.2, 0.25) is 0 Å². The van der Waals surface area contributed by atoms with Crippen molar-refractivity contribution in [3.05, 3.63) is 11.6 Å². The molecule has 1 unspecified atom stereocenters. The maximum atomic E-state index is 13.6. The number of Topliss-reactive ketones (excluding diaryl/α,β-unsaturated/α-hetero) is 1. The van der Waals surface area contributed by atoms with E-state index in [-0.39, 0.29) is 39.9 Å². The van der Waals surface area contributed by atoms with Gasteiger partial charge in [-0.05, 0) is 91.4 Å². The number of thioether (sulfide) groups is 1. The standard InChI is InChI=1S/C26H36O5S/c1-5-22(29)31-24(32-15(2)27)23(30)21-9-8-19-18-7-6-16-14-17(28)10-12-25(16,3)20(18)11-13-26(19,21)4/h14,18-21,24H,5-13H2,1-4H3/t18-,19-,20-,21+,24?,25-,26-/m0/s1. The highest BCUT2D eigenvalue weighted by Crippen LogP contribution is 2.66. The van der Waals surface area contributed by atoms with E-state index in [2.05, 4.69) is 13.8 Å². The summed E-state index contributed by atoms with van der Waals surface area (Å²) in [4.78, 5) is 49.3. The Hall–Kier alpha value is -1.43. The quantitative estimate of drug-likeness (QED) is 0.411. The van der Waals surface area contributed by atoms with Crippen LogP contribution in [0.1, 0.15) is 85.5 Å². The smallest absolute Gasteiger partial charge is 0.307 e. The average molecular weight is 461 g/mol. The van der Waals surface area contributed by atoms with Gasteiger partial charge in [0, 0.05) is 25.7 Å². The molecule has 4 rings (SSSR count). The first-order valence-electron chi connectivity index (χ1n) is 12.2. The lowest BCUT2D eigenvalue weighted by Gasteiger charge is -2.58. The van der Waals surface area contributed by atoms with E-state index in [0.29, 0.717) is 24.2 Å². The molecule has 0 amide bonds. The summed E-state index contributed by atoms with van der Waals surface area (Å²) in [6, 6.07) is 0. The molecule has 32 heavy (non-hydrogen) atoms. The van der Waals surface area contributed by atoms with E-state index in [1.165, 1.54) is 12.5 Å². The van der Waals surface area contributed by atoms with E-state index in [1.54, 1.807) is 6.92 Å². The minimum absolute atomic E-state index is 0.0821. The number of allylic oxidation sites excluding steroid dienone is 1. The highest BCUT2D eigenvalue weighted by atomic mass is 32.2. The Morgan fingerprint density at radius 1 is 1.09 bits per heavy atom. The van der Waals surface area contributed by atoms with Gasteiger partial charge in [-0.2, -0.15) is 0 Å². The Bertz CT molecular complexity index is 862. The van der Waals surface area contributed by atoms with Gasteiger partial charge in [0.15, 0.2) is 16.7 Å². The molecule has 3 saturated carbocycles. The van der Waals surface area contributed by atoms with E-state index in [0.717, 1.165) is 56.7 Å². The molecule has 0 bridgehead atoms. The van der Waals surface area contributed by atoms with Crippen LogP contribution in [0.4, 0.5) is 0 Å². The molecule has 3 fully saturated rings. The second-order valence-electron chi connectivity index (χ2n) is 10.8. The van der Waals surface area contributed by atoms with Crippen LogP contribution < -0.4 is 0 Å². The third-order valence-corrected chi connectivity index (χ3v) is 10.2. The van der Waals surface area contributed by atoms with Crippen molar-refractivity contribution in [2.24, 2.45) is 34.5 Å². The number of esters is 1. The highest BCUT2D eigenvalue weighted by molar-refractivity contribution is 8.14. The van der Waals surface area contributed by atoms with Crippen molar-refractivity contribution in [1.29, 1.82) is 0 Å². The van der Waals surface area contributed by atoms with E-state index in [1.807, 2.05) is 6.08 Å². The largest absolute Gasteiger partial charge is 0.443 e. The van der Waals surface area contributed by atoms with E-state index >= 15 is 0 Å². The summed E-state index contributed by atoms with van der Waals surface area (Å²) in [5, 5.41) is -0.206. The van der Waals surface area contributed by atoms with Gasteiger partial charge in [0.2, 0.25) is 5.44 Å². The van der Waals surface area contributed by atoms with Crippen molar-refractivity contribution in [3.8, 4) is 0 Å². The molecule has 5 nitrogen and oxygen atoms in total. The number of ether oxygens (including phenoxy) is 1. The summed E-state index contributed by atoms with van der Waals surface area (Å²) in [6.07, 6.45) is 9.68. The molecule has 0 N–H and O–H groups in total. The Kier molecular flexibility index (Phi) is 6.47. The van der Waals surface area contributed by atoms with Gasteiger partial charge < -0.3 is 4.74 Å². The second kappa shape index (κ2) is 8.73. The lowest BCUT2D eigenvalue weighted by Crippen LogP contribution is -2.51. The van der Waals surface area contributed by atoms with Gasteiger partial charge >= 0.3 is 5.97 Å². The average Bonchev–Trinajstić information content (AvgIpc) is 3.10. The fourth-order valence-corrected chi connectivity index (χ4v) is 8.42. The first-order valence-corrected chi connectivity index (χ1v) is 13.1. The molecule has 0 saturated heterocycles. The van der Waals surface area contributed by atoms with E-state index in [9.17, 15) is 19.2 Å². The van der Waals surface area contributed by atoms with Crippen LogP contribution in [0, 0.1) is 34.5 Å². The molecule has 0 aromatic carbocycles. The van der Waals surface area contributed by atoms with Gasteiger partial charge in [-0.1, -0.05) is 26.3 Å². The SMILES string of the molecule is CCC(=O)OC(SC(C)=O)C(=O)[C@H]1CC[C@H]2[C@@H]3CCC4=CC(=O)CC[C@]4(C)[C@H]3CC[C@]12C. The van der Waals surface area contributed by atoms with Crippen molar-refractivity contribution >= 4 is 34.4 Å². The first-order chi connectivity index (χ1) is 15.1. The van der Waals surface area contributed by atoms with Crippen LogP contribution in [0.15, 0.2) is 11.6 Å². The number of rotatable bonds is 5. The van der Waals surface area contributed by atoms with Crippen LogP contribution in [0.3, 0.4) is 0 Å². The molecule has 7 atom stereocenters. The summed E-state index contributed by atoms with van der Waals surface area (Å²) >= 11 is 0.843. The molecule has 4 aliphatic carbocycles. The molecule has 0 heterocycles. The van der Waals surface area contributed by atoms with Crippen LogP contribution >= 0.6 is 11.8 Å². The number of carbonyl (C=O) groups excluding carboxylic acids is 4. The fourth-order valence-electron chi connectivity index (χ4n) is 7.68. The summed E-state index contributed by atoms with van der Waals surface area (Å²) in [7, 11) is 0. The van der Waals surface area contributed by atoms with Gasteiger partial charge in [0.25, 0.3) is 0 Å². The molecular weight excluding hydrogens is 424 g/mol. The van der Waals surface area contributed by atoms with Crippen molar-refractivity contribution in [3.63, 3.8) is 0 Å². The molecule has 0 aliphatic heterocycles. The lowest BCUT2D eigenvalue weighted by molar-refractivity contribution is -0.153. The zero-order valence-corrected chi connectivity index (χ0v) is 20.6. The molecule has 4 aliphatic rings. The maximum Gasteiger partial charge on any atom is 0.307 e. The monoisotopic (exact) mass is 460 g/mol. The molecule has 6 heteroatoms. The minimum Gasteiger partial charge on any atom is -0.443 e. The number of fused-ring (bicyclic) bond motifs is 5. The number of hydrogen-bond donors (Lipinski definition) is 0. The second-order valence-corrected chi connectivity index (χ2v) is 12.1. The van der Waals surface area contributed by atoms with Crippen molar-refractivity contribution < 1.29 is 23.9 Å². The number of hydrogen-bond acceptors (Lipinski definition) is 6. The lowest BCUT2D eigenvalue weighted by atomic mass is 9.46. The summed E-state index contributed by atoms with van der Waals surface area (Å²) in [5.74, 6) is 1.19. The third kappa shape index (κ3) is 3.91. The van der Waals surface area contributed by atoms with Crippen LogP contribution in [0.5, 0.6) is 0 Å². The minimum atomic E-state index is -1.03. The van der Waals surface area contributed by atoms with Gasteiger partial charge in [-0.3, -0.25) is 19.2 Å². The Balaban J connectivity index is 1.56. The van der Waals surface area contributed by atoms with Gasteiger partial charge in [0.05, 0.1) is 0 Å². The number of ketones is 2. The summed E-state index contributed by atoms with van der Waals surface area (Å²) in [6.45, 7) is 7.74. The first kappa shape index (κ1) is 23.7. The van der Waals surface area contributed by atoms with Crippen molar-refractivity contribution in [2.45, 2.75) is 90.9 Å². The summed E-state index contributed by atoms with van der Waals surface area (Å²) < 4.78 is 5.43. The third-order valence-electron chi connectivity index (χ3n) is 9.34. The van der Waals surface area contributed by atoms with Crippen LogP contribution in [-0.4, -0.2) is 28.1 Å². The normalized spacial score (nSPS) is 39.2. The predicted octanol–water partition coefficient (Wildman–Crippen LogP) is 5.26. The summed E-state index contributed by atoms with van der Waals surface area (Å²) in [5.41, 5.74) is 0.327. The zero-order chi connectivity index (χ0) is 23.3. The molecule has 0 spiro atoms. The van der Waals surface area contributed by atoms with Crippen molar-refractivity contribution in [1.82, 2.24) is 0 Å².